The van der Waals surface area contributed by atoms with Crippen LogP contribution in [-0.2, 0) is 11.0 Å². The van der Waals surface area contributed by atoms with Crippen LogP contribution in [0.1, 0.15) is 31.9 Å². The molecule has 0 fully saturated rings. The summed E-state index contributed by atoms with van der Waals surface area (Å²) in [5.74, 6) is 0. The van der Waals surface area contributed by atoms with Crippen LogP contribution in [0.25, 0.3) is 0 Å². The van der Waals surface area contributed by atoms with Gasteiger partial charge < -0.3 is 4.43 Å². The van der Waals surface area contributed by atoms with Crippen molar-refractivity contribution in [3.63, 3.8) is 0 Å². The Morgan fingerprint density at radius 2 is 1.72 bits per heavy atom. The summed E-state index contributed by atoms with van der Waals surface area (Å²) in [5, 5.41) is 0.267. The Hall–Kier alpha value is -0.863. The van der Waals surface area contributed by atoms with E-state index in [1.807, 2.05) is 6.42 Å². The highest BCUT2D eigenvalue weighted by molar-refractivity contribution is 6.74. The molecule has 0 atom stereocenters. The van der Waals surface area contributed by atoms with E-state index in [9.17, 15) is 0 Å². The SMILES string of the molecule is C=C[CH]c1ccc(CO[Si](C)(C)C(C)(C)C)cc1. The second-order valence-electron chi connectivity index (χ2n) is 6.19. The zero-order valence-electron chi connectivity index (χ0n) is 12.3. The van der Waals surface area contributed by atoms with Gasteiger partial charge in [0.25, 0.3) is 0 Å². The molecular weight excluding hydrogens is 236 g/mol. The van der Waals surface area contributed by atoms with E-state index in [1.165, 1.54) is 11.1 Å². The average molecular weight is 261 g/mol. The van der Waals surface area contributed by atoms with Crippen LogP contribution in [0.3, 0.4) is 0 Å². The van der Waals surface area contributed by atoms with Crippen LogP contribution < -0.4 is 0 Å². The van der Waals surface area contributed by atoms with E-state index in [1.54, 1.807) is 6.08 Å². The molecule has 18 heavy (non-hydrogen) atoms. The molecule has 0 bridgehead atoms. The number of hydrogen-bond acceptors (Lipinski definition) is 1. The molecule has 0 aliphatic heterocycles. The average Bonchev–Trinajstić information content (AvgIpc) is 2.27. The first kappa shape index (κ1) is 15.2. The van der Waals surface area contributed by atoms with Crippen molar-refractivity contribution in [2.45, 2.75) is 45.5 Å². The highest BCUT2D eigenvalue weighted by Crippen LogP contribution is 2.37. The lowest BCUT2D eigenvalue weighted by Crippen LogP contribution is -2.40. The van der Waals surface area contributed by atoms with Gasteiger partial charge >= 0.3 is 0 Å². The predicted molar refractivity (Wildman–Crippen MR) is 82.0 cm³/mol. The van der Waals surface area contributed by atoms with Crippen LogP contribution in [0, 0.1) is 6.42 Å². The normalized spacial score (nSPS) is 12.5. The summed E-state index contributed by atoms with van der Waals surface area (Å²) >= 11 is 0. The minimum atomic E-state index is -1.64. The minimum absolute atomic E-state index is 0.267. The van der Waals surface area contributed by atoms with E-state index in [0.717, 1.165) is 0 Å². The number of benzene rings is 1. The van der Waals surface area contributed by atoms with Gasteiger partial charge in [-0.1, -0.05) is 51.1 Å². The maximum absolute atomic E-state index is 6.19. The van der Waals surface area contributed by atoms with Crippen molar-refractivity contribution >= 4 is 8.32 Å². The Bertz CT molecular complexity index is 385. The van der Waals surface area contributed by atoms with Crippen molar-refractivity contribution in [3.8, 4) is 0 Å². The maximum atomic E-state index is 6.19. The van der Waals surface area contributed by atoms with Crippen molar-refractivity contribution in [2.75, 3.05) is 0 Å². The van der Waals surface area contributed by atoms with Crippen LogP contribution in [0.5, 0.6) is 0 Å². The molecule has 0 amide bonds. The second kappa shape index (κ2) is 5.85. The summed E-state index contributed by atoms with van der Waals surface area (Å²) in [6.45, 7) is 15.8. The lowest BCUT2D eigenvalue weighted by Gasteiger charge is -2.36. The van der Waals surface area contributed by atoms with E-state index in [0.29, 0.717) is 6.61 Å². The molecule has 0 N–H and O–H groups in total. The van der Waals surface area contributed by atoms with Crippen LogP contribution in [-0.4, -0.2) is 8.32 Å². The largest absolute Gasteiger partial charge is 0.413 e. The van der Waals surface area contributed by atoms with E-state index in [4.69, 9.17) is 4.43 Å². The van der Waals surface area contributed by atoms with Gasteiger partial charge in [-0.05, 0) is 29.3 Å². The molecule has 0 aliphatic carbocycles. The lowest BCUT2D eigenvalue weighted by molar-refractivity contribution is 0.276. The molecule has 0 heterocycles. The maximum Gasteiger partial charge on any atom is 0.192 e. The predicted octanol–water partition coefficient (Wildman–Crippen LogP) is 4.95. The van der Waals surface area contributed by atoms with Gasteiger partial charge in [0.15, 0.2) is 8.32 Å². The van der Waals surface area contributed by atoms with E-state index in [2.05, 4.69) is 64.7 Å². The fourth-order valence-electron chi connectivity index (χ4n) is 1.34. The highest BCUT2D eigenvalue weighted by atomic mass is 28.4. The third-order valence-corrected chi connectivity index (χ3v) is 8.17. The van der Waals surface area contributed by atoms with E-state index < -0.39 is 8.32 Å². The van der Waals surface area contributed by atoms with Crippen molar-refractivity contribution in [2.24, 2.45) is 0 Å². The van der Waals surface area contributed by atoms with Gasteiger partial charge in [-0.25, -0.2) is 0 Å². The summed E-state index contributed by atoms with van der Waals surface area (Å²) in [7, 11) is -1.64. The minimum Gasteiger partial charge on any atom is -0.413 e. The Kier molecular flexibility index (Phi) is 4.94. The Morgan fingerprint density at radius 1 is 1.17 bits per heavy atom. The Morgan fingerprint density at radius 3 is 2.17 bits per heavy atom. The summed E-state index contributed by atoms with van der Waals surface area (Å²) in [6, 6.07) is 8.46. The van der Waals surface area contributed by atoms with Gasteiger partial charge in [-0.2, -0.15) is 0 Å². The van der Waals surface area contributed by atoms with E-state index >= 15 is 0 Å². The van der Waals surface area contributed by atoms with Crippen molar-refractivity contribution < 1.29 is 4.43 Å². The fourth-order valence-corrected chi connectivity index (χ4v) is 2.30. The van der Waals surface area contributed by atoms with Gasteiger partial charge in [0.05, 0.1) is 6.61 Å². The zero-order valence-corrected chi connectivity index (χ0v) is 13.3. The molecule has 1 radical (unpaired) electrons. The molecule has 0 unspecified atom stereocenters. The molecular formula is C16H25OSi. The third kappa shape index (κ3) is 4.11. The third-order valence-electron chi connectivity index (χ3n) is 3.70. The molecule has 1 rings (SSSR count). The smallest absolute Gasteiger partial charge is 0.192 e. The number of rotatable bonds is 5. The molecule has 99 valence electrons. The molecule has 1 nitrogen and oxygen atoms in total. The number of hydrogen-bond donors (Lipinski definition) is 0. The van der Waals surface area contributed by atoms with Gasteiger partial charge in [-0.3, -0.25) is 0 Å². The highest BCUT2D eigenvalue weighted by Gasteiger charge is 2.36. The summed E-state index contributed by atoms with van der Waals surface area (Å²) < 4.78 is 6.19. The van der Waals surface area contributed by atoms with Gasteiger partial charge in [0.1, 0.15) is 0 Å². The lowest BCUT2D eigenvalue weighted by atomic mass is 10.1. The Balaban J connectivity index is 2.61. The van der Waals surface area contributed by atoms with Crippen LogP contribution in [0.2, 0.25) is 18.1 Å². The van der Waals surface area contributed by atoms with Gasteiger partial charge in [0.2, 0.25) is 0 Å². The molecule has 0 saturated carbocycles. The van der Waals surface area contributed by atoms with Gasteiger partial charge in [0, 0.05) is 6.42 Å². The molecule has 0 saturated heterocycles. The first-order valence-corrected chi connectivity index (χ1v) is 9.36. The first-order valence-electron chi connectivity index (χ1n) is 6.45. The van der Waals surface area contributed by atoms with E-state index in [-0.39, 0.29) is 5.04 Å². The topological polar surface area (TPSA) is 9.23 Å². The standard InChI is InChI=1S/C16H25OSi/c1-7-8-14-9-11-15(12-10-14)13-17-18(5,6)16(2,3)4/h7-12H,1,13H2,2-6H3. The second-order valence-corrected chi connectivity index (χ2v) is 11.0. The molecule has 1 aromatic carbocycles. The molecule has 0 aliphatic rings. The van der Waals surface area contributed by atoms with Crippen molar-refractivity contribution in [1.29, 1.82) is 0 Å². The Labute approximate surface area is 113 Å². The molecule has 2 heteroatoms. The summed E-state index contributed by atoms with van der Waals surface area (Å²) in [6.07, 6.45) is 3.81. The summed E-state index contributed by atoms with van der Waals surface area (Å²) in [4.78, 5) is 0. The van der Waals surface area contributed by atoms with Gasteiger partial charge in [-0.15, -0.1) is 6.58 Å². The molecule has 0 aromatic heterocycles. The monoisotopic (exact) mass is 261 g/mol. The van der Waals surface area contributed by atoms with Crippen LogP contribution in [0.4, 0.5) is 0 Å². The quantitative estimate of drug-likeness (QED) is 0.682. The molecule has 0 spiro atoms. The molecule has 1 aromatic rings. The van der Waals surface area contributed by atoms with Crippen LogP contribution in [0.15, 0.2) is 36.9 Å². The number of allylic oxidation sites excluding steroid dienone is 1. The summed E-state index contributed by atoms with van der Waals surface area (Å²) in [5.41, 5.74) is 2.42. The van der Waals surface area contributed by atoms with Crippen molar-refractivity contribution in [3.05, 3.63) is 54.5 Å². The van der Waals surface area contributed by atoms with Crippen molar-refractivity contribution in [1.82, 2.24) is 0 Å². The zero-order chi connectivity index (χ0) is 13.8. The fraction of sp³-hybridized carbons (Fsp3) is 0.438. The first-order chi connectivity index (χ1) is 8.26. The van der Waals surface area contributed by atoms with Crippen LogP contribution >= 0.6 is 0 Å².